The predicted molar refractivity (Wildman–Crippen MR) is 85.9 cm³/mol. The van der Waals surface area contributed by atoms with Crippen molar-refractivity contribution in [3.05, 3.63) is 57.5 Å². The van der Waals surface area contributed by atoms with Crippen LogP contribution >= 0.6 is 0 Å². The highest BCUT2D eigenvalue weighted by Gasteiger charge is 2.31. The fourth-order valence-corrected chi connectivity index (χ4v) is 2.91. The zero-order valence-corrected chi connectivity index (χ0v) is 13.8. The first-order chi connectivity index (χ1) is 12.2. The number of carbonyl (C=O) groups excluding carboxylic acids is 1. The van der Waals surface area contributed by atoms with Crippen molar-refractivity contribution in [3.8, 4) is 5.75 Å². The SMILES string of the molecule is Cn1nc2c(cc1=O)C[C@@H](NC(=O)c1cccc(OC(F)(F)F)c1)CC2. The Morgan fingerprint density at radius 3 is 2.85 bits per heavy atom. The zero-order chi connectivity index (χ0) is 18.9. The van der Waals surface area contributed by atoms with Crippen molar-refractivity contribution >= 4 is 5.91 Å². The van der Waals surface area contributed by atoms with Gasteiger partial charge in [-0.05, 0) is 43.0 Å². The molecule has 0 aliphatic heterocycles. The Bertz CT molecular complexity index is 893. The number of halogens is 3. The Morgan fingerprint density at radius 2 is 2.12 bits per heavy atom. The third-order valence-corrected chi connectivity index (χ3v) is 4.12. The Kier molecular flexibility index (Phi) is 4.71. The van der Waals surface area contributed by atoms with Crippen molar-refractivity contribution in [1.29, 1.82) is 0 Å². The van der Waals surface area contributed by atoms with Gasteiger partial charge in [-0.3, -0.25) is 9.59 Å². The van der Waals surface area contributed by atoms with E-state index in [1.54, 1.807) is 7.05 Å². The molecule has 1 aromatic heterocycles. The van der Waals surface area contributed by atoms with E-state index in [0.717, 1.165) is 23.4 Å². The van der Waals surface area contributed by atoms with Crippen molar-refractivity contribution in [2.45, 2.75) is 31.7 Å². The molecule has 1 heterocycles. The van der Waals surface area contributed by atoms with Crippen LogP contribution in [0.2, 0.25) is 0 Å². The van der Waals surface area contributed by atoms with Crippen molar-refractivity contribution in [3.63, 3.8) is 0 Å². The molecule has 0 saturated heterocycles. The first-order valence-corrected chi connectivity index (χ1v) is 7.94. The van der Waals surface area contributed by atoms with E-state index in [-0.39, 0.29) is 17.2 Å². The summed E-state index contributed by atoms with van der Waals surface area (Å²) in [5.74, 6) is -0.949. The molecule has 0 unspecified atom stereocenters. The summed E-state index contributed by atoms with van der Waals surface area (Å²) in [6.07, 6.45) is -3.14. The summed E-state index contributed by atoms with van der Waals surface area (Å²) < 4.78 is 42.0. The fraction of sp³-hybridized carbons (Fsp3) is 0.353. The van der Waals surface area contributed by atoms with Gasteiger partial charge in [-0.25, -0.2) is 4.68 Å². The molecule has 0 radical (unpaired) electrons. The van der Waals surface area contributed by atoms with E-state index in [1.165, 1.54) is 22.9 Å². The molecule has 1 aliphatic carbocycles. The lowest BCUT2D eigenvalue weighted by molar-refractivity contribution is -0.274. The lowest BCUT2D eigenvalue weighted by Crippen LogP contribution is -2.40. The topological polar surface area (TPSA) is 73.2 Å². The number of hydrogen-bond acceptors (Lipinski definition) is 4. The molecule has 1 amide bonds. The summed E-state index contributed by atoms with van der Waals surface area (Å²) in [4.78, 5) is 24.0. The van der Waals surface area contributed by atoms with Gasteiger partial charge in [0.1, 0.15) is 5.75 Å². The monoisotopic (exact) mass is 367 g/mol. The molecule has 0 spiro atoms. The molecular formula is C17H16F3N3O3. The summed E-state index contributed by atoms with van der Waals surface area (Å²) in [6, 6.07) is 6.17. The normalized spacial score (nSPS) is 16.7. The van der Waals surface area contributed by atoms with E-state index in [1.807, 2.05) is 0 Å². The molecule has 0 saturated carbocycles. The molecule has 138 valence electrons. The molecule has 2 aromatic rings. The molecule has 1 atom stereocenters. The van der Waals surface area contributed by atoms with Crippen LogP contribution in [0, 0.1) is 0 Å². The second-order valence-electron chi connectivity index (χ2n) is 6.07. The summed E-state index contributed by atoms with van der Waals surface area (Å²) in [6.45, 7) is 0. The lowest BCUT2D eigenvalue weighted by Gasteiger charge is -2.25. The Balaban J connectivity index is 1.70. The number of aromatic nitrogens is 2. The maximum Gasteiger partial charge on any atom is 0.573 e. The van der Waals surface area contributed by atoms with Gasteiger partial charge >= 0.3 is 6.36 Å². The number of ether oxygens (including phenoxy) is 1. The summed E-state index contributed by atoms with van der Waals surface area (Å²) in [7, 11) is 1.58. The van der Waals surface area contributed by atoms with Crippen molar-refractivity contribution < 1.29 is 22.7 Å². The van der Waals surface area contributed by atoms with Crippen LogP contribution in [0.5, 0.6) is 5.75 Å². The first kappa shape index (κ1) is 18.0. The van der Waals surface area contributed by atoms with Gasteiger partial charge in [0, 0.05) is 24.7 Å². The third kappa shape index (κ3) is 4.22. The average Bonchev–Trinajstić information content (AvgIpc) is 2.55. The quantitative estimate of drug-likeness (QED) is 0.900. The molecule has 1 aliphatic rings. The number of fused-ring (bicyclic) bond motifs is 1. The van der Waals surface area contributed by atoms with E-state index in [4.69, 9.17) is 0 Å². The minimum Gasteiger partial charge on any atom is -0.406 e. The third-order valence-electron chi connectivity index (χ3n) is 4.12. The molecule has 9 heteroatoms. The van der Waals surface area contributed by atoms with Crippen molar-refractivity contribution in [2.75, 3.05) is 0 Å². The van der Waals surface area contributed by atoms with Crippen LogP contribution in [-0.2, 0) is 19.9 Å². The number of aryl methyl sites for hydroxylation is 2. The van der Waals surface area contributed by atoms with E-state index in [2.05, 4.69) is 15.2 Å². The number of nitrogens with zero attached hydrogens (tertiary/aromatic N) is 2. The second-order valence-corrected chi connectivity index (χ2v) is 6.07. The molecule has 0 fully saturated rings. The Labute approximate surface area is 146 Å². The maximum atomic E-state index is 12.3. The molecule has 1 aromatic carbocycles. The minimum absolute atomic E-state index is 0.0691. The summed E-state index contributed by atoms with van der Waals surface area (Å²) >= 11 is 0. The van der Waals surface area contributed by atoms with Crippen LogP contribution in [0.15, 0.2) is 35.1 Å². The van der Waals surface area contributed by atoms with Gasteiger partial charge < -0.3 is 10.1 Å². The van der Waals surface area contributed by atoms with Gasteiger partial charge in [0.25, 0.3) is 11.5 Å². The molecule has 6 nitrogen and oxygen atoms in total. The number of carbonyl (C=O) groups is 1. The van der Waals surface area contributed by atoms with Crippen LogP contribution in [0.25, 0.3) is 0 Å². The number of nitrogens with one attached hydrogen (secondary N) is 1. The van der Waals surface area contributed by atoms with Gasteiger partial charge in [-0.15, -0.1) is 13.2 Å². The van der Waals surface area contributed by atoms with Gasteiger partial charge in [0.15, 0.2) is 0 Å². The number of amides is 1. The summed E-state index contributed by atoms with van der Waals surface area (Å²) in [5, 5.41) is 6.99. The number of benzene rings is 1. The van der Waals surface area contributed by atoms with Crippen LogP contribution in [0.1, 0.15) is 28.0 Å². The zero-order valence-electron chi connectivity index (χ0n) is 13.8. The van der Waals surface area contributed by atoms with E-state index in [0.29, 0.717) is 19.3 Å². The second kappa shape index (κ2) is 6.81. The number of hydrogen-bond donors (Lipinski definition) is 1. The first-order valence-electron chi connectivity index (χ1n) is 7.94. The minimum atomic E-state index is -4.82. The fourth-order valence-electron chi connectivity index (χ4n) is 2.91. The van der Waals surface area contributed by atoms with Crippen molar-refractivity contribution in [2.24, 2.45) is 7.05 Å². The van der Waals surface area contributed by atoms with Gasteiger partial charge in [-0.2, -0.15) is 5.10 Å². The smallest absolute Gasteiger partial charge is 0.406 e. The Morgan fingerprint density at radius 1 is 1.35 bits per heavy atom. The molecule has 3 rings (SSSR count). The van der Waals surface area contributed by atoms with Crippen LogP contribution in [0.3, 0.4) is 0 Å². The van der Waals surface area contributed by atoms with Gasteiger partial charge in [-0.1, -0.05) is 6.07 Å². The van der Waals surface area contributed by atoms with Crippen LogP contribution in [-0.4, -0.2) is 28.1 Å². The Hall–Kier alpha value is -2.84. The van der Waals surface area contributed by atoms with E-state index in [9.17, 15) is 22.8 Å². The molecule has 0 bridgehead atoms. The highest BCUT2D eigenvalue weighted by molar-refractivity contribution is 5.94. The summed E-state index contributed by atoms with van der Waals surface area (Å²) in [5.41, 5.74) is 1.43. The highest BCUT2D eigenvalue weighted by atomic mass is 19.4. The largest absolute Gasteiger partial charge is 0.573 e. The highest BCUT2D eigenvalue weighted by Crippen LogP contribution is 2.24. The lowest BCUT2D eigenvalue weighted by atomic mass is 9.92. The maximum absolute atomic E-state index is 12.3. The number of alkyl halides is 3. The van der Waals surface area contributed by atoms with Crippen LogP contribution < -0.4 is 15.6 Å². The molecule has 26 heavy (non-hydrogen) atoms. The van der Waals surface area contributed by atoms with E-state index >= 15 is 0 Å². The average molecular weight is 367 g/mol. The van der Waals surface area contributed by atoms with Gasteiger partial charge in [0.05, 0.1) is 5.69 Å². The standard InChI is InChI=1S/C17H16F3N3O3/c1-23-15(24)9-11-7-12(5-6-14(11)22-23)21-16(25)10-3-2-4-13(8-10)26-17(18,19)20/h2-4,8-9,12H,5-7H2,1H3,(H,21,25)/t12-/m0/s1. The van der Waals surface area contributed by atoms with Crippen molar-refractivity contribution in [1.82, 2.24) is 15.1 Å². The predicted octanol–water partition coefficient (Wildman–Crippen LogP) is 1.97. The van der Waals surface area contributed by atoms with E-state index < -0.39 is 18.0 Å². The molecule has 1 N–H and O–H groups in total. The van der Waals surface area contributed by atoms with Gasteiger partial charge in [0.2, 0.25) is 0 Å². The van der Waals surface area contributed by atoms with Crippen LogP contribution in [0.4, 0.5) is 13.2 Å². The number of rotatable bonds is 3. The molecular weight excluding hydrogens is 351 g/mol.